The summed E-state index contributed by atoms with van der Waals surface area (Å²) < 4.78 is 5.18. The highest BCUT2D eigenvalue weighted by atomic mass is 35.5. The molecule has 5 heteroatoms. The van der Waals surface area contributed by atoms with Gasteiger partial charge in [0, 0.05) is 16.4 Å². The van der Waals surface area contributed by atoms with E-state index in [0.29, 0.717) is 27.7 Å². The highest BCUT2D eigenvalue weighted by molar-refractivity contribution is 6.31. The van der Waals surface area contributed by atoms with Crippen molar-refractivity contribution in [2.24, 2.45) is 0 Å². The summed E-state index contributed by atoms with van der Waals surface area (Å²) in [6, 6.07) is 10.4. The topological polar surface area (TPSA) is 64.3 Å². The Bertz CT molecular complexity index is 671. The maximum absolute atomic E-state index is 12.3. The van der Waals surface area contributed by atoms with Gasteiger partial charge in [-0.2, -0.15) is 0 Å². The van der Waals surface area contributed by atoms with Gasteiger partial charge in [0.25, 0.3) is 5.91 Å². The Morgan fingerprint density at radius 2 is 2.05 bits per heavy atom. The molecule has 2 aromatic carbocycles. The van der Waals surface area contributed by atoms with Crippen LogP contribution in [0.5, 0.6) is 5.75 Å². The van der Waals surface area contributed by atoms with Gasteiger partial charge in [-0.1, -0.05) is 24.6 Å². The van der Waals surface area contributed by atoms with Crippen LogP contribution in [-0.4, -0.2) is 13.0 Å². The van der Waals surface area contributed by atoms with Crippen molar-refractivity contribution in [1.29, 1.82) is 0 Å². The summed E-state index contributed by atoms with van der Waals surface area (Å²) in [4.78, 5) is 12.3. The van der Waals surface area contributed by atoms with Gasteiger partial charge in [-0.25, -0.2) is 0 Å². The van der Waals surface area contributed by atoms with Crippen molar-refractivity contribution in [3.63, 3.8) is 0 Å². The first kappa shape index (κ1) is 15.2. The van der Waals surface area contributed by atoms with E-state index >= 15 is 0 Å². The van der Waals surface area contributed by atoms with Gasteiger partial charge in [0.15, 0.2) is 0 Å². The van der Waals surface area contributed by atoms with E-state index in [1.807, 2.05) is 19.1 Å². The van der Waals surface area contributed by atoms with Crippen LogP contribution in [-0.2, 0) is 6.42 Å². The first-order valence-corrected chi connectivity index (χ1v) is 6.96. The van der Waals surface area contributed by atoms with Gasteiger partial charge in [0.1, 0.15) is 5.75 Å². The summed E-state index contributed by atoms with van der Waals surface area (Å²) in [5.74, 6) is 0.158. The van der Waals surface area contributed by atoms with E-state index in [-0.39, 0.29) is 5.91 Å². The number of amides is 1. The van der Waals surface area contributed by atoms with Gasteiger partial charge >= 0.3 is 0 Å². The van der Waals surface area contributed by atoms with Crippen molar-refractivity contribution in [2.45, 2.75) is 13.3 Å². The number of nitrogens with two attached hydrogens (primary N) is 1. The summed E-state index contributed by atoms with van der Waals surface area (Å²) in [6.07, 6.45) is 0.852. The van der Waals surface area contributed by atoms with Gasteiger partial charge in [-0.05, 0) is 42.3 Å². The van der Waals surface area contributed by atoms with E-state index in [0.717, 1.165) is 12.0 Å². The van der Waals surface area contributed by atoms with E-state index in [9.17, 15) is 4.79 Å². The van der Waals surface area contributed by atoms with Crippen molar-refractivity contribution < 1.29 is 9.53 Å². The maximum Gasteiger partial charge on any atom is 0.259 e. The summed E-state index contributed by atoms with van der Waals surface area (Å²) in [5.41, 5.74) is 8.71. The third kappa shape index (κ3) is 3.47. The fourth-order valence-corrected chi connectivity index (χ4v) is 2.21. The minimum atomic E-state index is -0.271. The molecule has 0 spiro atoms. The van der Waals surface area contributed by atoms with Gasteiger partial charge in [-0.15, -0.1) is 0 Å². The molecule has 0 atom stereocenters. The van der Waals surface area contributed by atoms with Crippen LogP contribution >= 0.6 is 11.6 Å². The van der Waals surface area contributed by atoms with E-state index in [1.54, 1.807) is 24.3 Å². The van der Waals surface area contributed by atoms with Crippen LogP contribution in [0.4, 0.5) is 11.4 Å². The molecule has 0 unspecified atom stereocenters. The summed E-state index contributed by atoms with van der Waals surface area (Å²) in [5, 5.41) is 3.32. The fraction of sp³-hybridized carbons (Fsp3) is 0.188. The minimum absolute atomic E-state index is 0.271. The third-order valence-electron chi connectivity index (χ3n) is 3.19. The van der Waals surface area contributed by atoms with Crippen LogP contribution < -0.4 is 15.8 Å². The number of carbonyl (C=O) groups is 1. The van der Waals surface area contributed by atoms with Gasteiger partial charge in [0.2, 0.25) is 0 Å². The second-order valence-electron chi connectivity index (χ2n) is 4.57. The quantitative estimate of drug-likeness (QED) is 0.846. The van der Waals surface area contributed by atoms with Gasteiger partial charge < -0.3 is 15.8 Å². The largest absolute Gasteiger partial charge is 0.496 e. The fourth-order valence-electron chi connectivity index (χ4n) is 2.05. The maximum atomic E-state index is 12.3. The summed E-state index contributed by atoms with van der Waals surface area (Å²) in [6.45, 7) is 2.03. The van der Waals surface area contributed by atoms with Crippen molar-refractivity contribution >= 4 is 28.9 Å². The molecule has 21 heavy (non-hydrogen) atoms. The minimum Gasteiger partial charge on any atom is -0.496 e. The zero-order chi connectivity index (χ0) is 15.4. The number of hydrogen-bond donors (Lipinski definition) is 2. The van der Waals surface area contributed by atoms with Crippen LogP contribution in [0.25, 0.3) is 0 Å². The molecule has 110 valence electrons. The number of rotatable bonds is 4. The number of benzene rings is 2. The lowest BCUT2D eigenvalue weighted by molar-refractivity contribution is 0.102. The van der Waals surface area contributed by atoms with Crippen molar-refractivity contribution in [3.8, 4) is 5.75 Å². The van der Waals surface area contributed by atoms with Crippen molar-refractivity contribution in [1.82, 2.24) is 0 Å². The van der Waals surface area contributed by atoms with Crippen LogP contribution in [0.1, 0.15) is 22.8 Å². The first-order valence-electron chi connectivity index (χ1n) is 6.58. The molecule has 0 aromatic heterocycles. The molecular formula is C16H17ClN2O2. The number of methoxy groups -OCH3 is 1. The molecule has 0 aliphatic rings. The number of hydrogen-bond acceptors (Lipinski definition) is 3. The molecule has 0 aliphatic carbocycles. The number of aryl methyl sites for hydroxylation is 1. The molecule has 0 aliphatic heterocycles. The Morgan fingerprint density at radius 3 is 2.67 bits per heavy atom. The predicted octanol–water partition coefficient (Wildman–Crippen LogP) is 3.75. The molecule has 1 amide bonds. The van der Waals surface area contributed by atoms with Gasteiger partial charge in [-0.3, -0.25) is 4.79 Å². The zero-order valence-electron chi connectivity index (χ0n) is 11.9. The highest BCUT2D eigenvalue weighted by Gasteiger charge is 2.13. The number of carbonyl (C=O) groups excluding carboxylic acids is 1. The molecule has 2 rings (SSSR count). The number of nitrogen functional groups attached to an aromatic ring is 1. The summed E-state index contributed by atoms with van der Waals surface area (Å²) in [7, 11) is 1.50. The lowest BCUT2D eigenvalue weighted by atomic mass is 10.1. The first-order chi connectivity index (χ1) is 10.0. The SMILES string of the molecule is CCc1ccc(NC(=O)c2ccc(Cl)cc2OC)cc1N. The standard InChI is InChI=1S/C16H17ClN2O2/c1-3-10-4-6-12(9-14(10)18)19-16(20)13-7-5-11(17)8-15(13)21-2/h4-9H,3,18H2,1-2H3,(H,19,20). The molecule has 0 radical (unpaired) electrons. The Balaban J connectivity index is 2.24. The zero-order valence-corrected chi connectivity index (χ0v) is 12.7. The Kier molecular flexibility index (Phi) is 4.70. The second-order valence-corrected chi connectivity index (χ2v) is 5.00. The number of nitrogens with one attached hydrogen (secondary N) is 1. The van der Waals surface area contributed by atoms with E-state index < -0.39 is 0 Å². The van der Waals surface area contributed by atoms with Crippen LogP contribution in [0.15, 0.2) is 36.4 Å². The van der Waals surface area contributed by atoms with Gasteiger partial charge in [0.05, 0.1) is 12.7 Å². The molecule has 4 nitrogen and oxygen atoms in total. The average Bonchev–Trinajstić information content (AvgIpc) is 2.47. The predicted molar refractivity (Wildman–Crippen MR) is 86.2 cm³/mol. The molecule has 0 bridgehead atoms. The van der Waals surface area contributed by atoms with Crippen LogP contribution in [0.3, 0.4) is 0 Å². The van der Waals surface area contributed by atoms with E-state index in [4.69, 9.17) is 22.1 Å². The summed E-state index contributed by atoms with van der Waals surface area (Å²) >= 11 is 5.89. The molecular weight excluding hydrogens is 288 g/mol. The average molecular weight is 305 g/mol. The molecule has 0 fully saturated rings. The lowest BCUT2D eigenvalue weighted by Gasteiger charge is -2.11. The molecule has 2 aromatic rings. The number of anilines is 2. The smallest absolute Gasteiger partial charge is 0.259 e. The highest BCUT2D eigenvalue weighted by Crippen LogP contribution is 2.25. The molecule has 0 heterocycles. The molecule has 0 saturated carbocycles. The van der Waals surface area contributed by atoms with Crippen LogP contribution in [0.2, 0.25) is 5.02 Å². The van der Waals surface area contributed by atoms with E-state index in [2.05, 4.69) is 5.32 Å². The molecule has 0 saturated heterocycles. The van der Waals surface area contributed by atoms with E-state index in [1.165, 1.54) is 7.11 Å². The normalized spacial score (nSPS) is 10.2. The Hall–Kier alpha value is -2.20. The monoisotopic (exact) mass is 304 g/mol. The van der Waals surface area contributed by atoms with Crippen molar-refractivity contribution in [3.05, 3.63) is 52.5 Å². The second kappa shape index (κ2) is 6.50. The molecule has 3 N–H and O–H groups in total. The Labute approximate surface area is 128 Å². The van der Waals surface area contributed by atoms with Crippen LogP contribution in [0, 0.1) is 0 Å². The number of halogens is 1. The Morgan fingerprint density at radius 1 is 1.29 bits per heavy atom. The third-order valence-corrected chi connectivity index (χ3v) is 3.43. The lowest BCUT2D eigenvalue weighted by Crippen LogP contribution is -2.13. The number of ether oxygens (including phenoxy) is 1. The van der Waals surface area contributed by atoms with Crippen molar-refractivity contribution in [2.75, 3.05) is 18.2 Å².